The van der Waals surface area contributed by atoms with E-state index in [1.165, 1.54) is 48.7 Å². The summed E-state index contributed by atoms with van der Waals surface area (Å²) in [5.41, 5.74) is -1.42. The van der Waals surface area contributed by atoms with Gasteiger partial charge in [-0.3, -0.25) is 10.2 Å². The van der Waals surface area contributed by atoms with Gasteiger partial charge in [0.2, 0.25) is 5.89 Å². The molecule has 0 aliphatic carbocycles. The first-order valence-corrected chi connectivity index (χ1v) is 11.0. The zero-order valence-electron chi connectivity index (χ0n) is 19.9. The van der Waals surface area contributed by atoms with Crippen LogP contribution in [0.3, 0.4) is 0 Å². The van der Waals surface area contributed by atoms with Crippen molar-refractivity contribution in [2.45, 2.75) is 13.1 Å². The van der Waals surface area contributed by atoms with E-state index in [0.717, 1.165) is 12.1 Å². The molecule has 0 aliphatic rings. The van der Waals surface area contributed by atoms with E-state index in [4.69, 9.17) is 21.4 Å². The molecule has 0 radical (unpaired) electrons. The van der Waals surface area contributed by atoms with E-state index in [9.17, 15) is 27.9 Å². The second-order valence-corrected chi connectivity index (χ2v) is 8.30. The zero-order chi connectivity index (χ0) is 26.9. The summed E-state index contributed by atoms with van der Waals surface area (Å²) < 4.78 is 46.3. The van der Waals surface area contributed by atoms with E-state index in [2.05, 4.69) is 10.3 Å². The third-order valence-electron chi connectivity index (χ3n) is 5.36. The van der Waals surface area contributed by atoms with Crippen molar-refractivity contribution in [3.63, 3.8) is 0 Å². The molecule has 0 saturated heterocycles. The summed E-state index contributed by atoms with van der Waals surface area (Å²) in [6.07, 6.45) is -3.37. The van der Waals surface area contributed by atoms with E-state index in [1.807, 2.05) is 0 Å². The van der Waals surface area contributed by atoms with Crippen LogP contribution in [0.5, 0.6) is 0 Å². The predicted molar refractivity (Wildman–Crippen MR) is 128 cm³/mol. The van der Waals surface area contributed by atoms with Crippen LogP contribution in [0.25, 0.3) is 11.5 Å². The molecule has 0 spiro atoms. The molecule has 12 heteroatoms. The summed E-state index contributed by atoms with van der Waals surface area (Å²) in [5.74, 6) is -1.83. The van der Waals surface area contributed by atoms with Gasteiger partial charge in [0.25, 0.3) is 5.91 Å². The maximum Gasteiger partial charge on any atom is 1.00 e. The van der Waals surface area contributed by atoms with Crippen molar-refractivity contribution in [3.05, 3.63) is 105 Å². The average Bonchev–Trinajstić information content (AvgIpc) is 3.29. The van der Waals surface area contributed by atoms with Crippen LogP contribution in [0.15, 0.2) is 71.3 Å². The van der Waals surface area contributed by atoms with Gasteiger partial charge in [0.1, 0.15) is 5.76 Å². The number of carboxylic acids is 1. The number of aromatic nitrogens is 1. The number of oxazole rings is 1. The van der Waals surface area contributed by atoms with Gasteiger partial charge in [-0.05, 0) is 42.8 Å². The summed E-state index contributed by atoms with van der Waals surface area (Å²) in [6.45, 7) is 1.68. The summed E-state index contributed by atoms with van der Waals surface area (Å²) in [5, 5.41) is 21.7. The molecule has 0 atom stereocenters. The third-order valence-corrected chi connectivity index (χ3v) is 5.68. The summed E-state index contributed by atoms with van der Waals surface area (Å²) in [7, 11) is 0. The Morgan fingerprint density at radius 3 is 2.29 bits per heavy atom. The number of nitrogens with one attached hydrogen (secondary N) is 2. The molecule has 1 amide bonds. The van der Waals surface area contributed by atoms with E-state index in [0.29, 0.717) is 11.3 Å². The first-order valence-electron chi connectivity index (χ1n) is 10.6. The van der Waals surface area contributed by atoms with E-state index < -0.39 is 34.2 Å². The Kier molecular flexibility index (Phi) is 8.83. The Labute approximate surface area is 241 Å². The SMILES string of the molecule is Cc1cnc(-c2ccc(C(=N)c3ccc(C(=O)[O-])cc3)c(NC(=O)c3c(Cl)cccc3C(F)(F)F)c2)o1.[Na+]. The van der Waals surface area contributed by atoms with E-state index >= 15 is 0 Å². The Morgan fingerprint density at radius 1 is 1.05 bits per heavy atom. The number of carbonyl (C=O) groups is 2. The molecule has 0 unspecified atom stereocenters. The van der Waals surface area contributed by atoms with Crippen LogP contribution in [0.4, 0.5) is 18.9 Å². The second kappa shape index (κ2) is 11.5. The number of amides is 1. The van der Waals surface area contributed by atoms with Crippen molar-refractivity contribution in [1.29, 1.82) is 5.41 Å². The summed E-state index contributed by atoms with van der Waals surface area (Å²) >= 11 is 5.98. The average molecular weight is 550 g/mol. The minimum absolute atomic E-state index is 0. The molecule has 3 aromatic carbocycles. The number of hydrogen-bond acceptors (Lipinski definition) is 6. The molecule has 1 aromatic heterocycles. The number of anilines is 1. The van der Waals surface area contributed by atoms with E-state index in [-0.39, 0.29) is 63.5 Å². The maximum atomic E-state index is 13.6. The number of carbonyl (C=O) groups excluding carboxylic acids is 2. The van der Waals surface area contributed by atoms with Crippen LogP contribution in [0.2, 0.25) is 5.02 Å². The molecule has 4 aromatic rings. The molecular weight excluding hydrogens is 534 g/mol. The molecule has 0 bridgehead atoms. The van der Waals surface area contributed by atoms with Gasteiger partial charge in [0.05, 0.1) is 39.7 Å². The van der Waals surface area contributed by atoms with Crippen LogP contribution < -0.4 is 40.0 Å². The van der Waals surface area contributed by atoms with Crippen LogP contribution in [-0.2, 0) is 6.18 Å². The van der Waals surface area contributed by atoms with Crippen LogP contribution in [-0.4, -0.2) is 22.6 Å². The number of hydrogen-bond donors (Lipinski definition) is 2. The Hall–Kier alpha value is -3.44. The number of aromatic carboxylic acids is 1. The fourth-order valence-corrected chi connectivity index (χ4v) is 3.85. The molecule has 4 rings (SSSR count). The van der Waals surface area contributed by atoms with Crippen molar-refractivity contribution in [2.24, 2.45) is 0 Å². The number of alkyl halides is 3. The molecule has 188 valence electrons. The first kappa shape index (κ1) is 29.1. The summed E-state index contributed by atoms with van der Waals surface area (Å²) in [6, 6.07) is 12.7. The largest absolute Gasteiger partial charge is 1.00 e. The molecule has 1 heterocycles. The van der Waals surface area contributed by atoms with Crippen LogP contribution in [0, 0.1) is 12.3 Å². The number of carboxylic acid groups (broad SMARTS) is 1. The maximum absolute atomic E-state index is 13.6. The quantitative estimate of drug-likeness (QED) is 0.283. The fourth-order valence-electron chi connectivity index (χ4n) is 3.59. The van der Waals surface area contributed by atoms with Gasteiger partial charge < -0.3 is 19.6 Å². The number of benzene rings is 3. The molecule has 2 N–H and O–H groups in total. The minimum Gasteiger partial charge on any atom is -0.545 e. The van der Waals surface area contributed by atoms with Gasteiger partial charge in [-0.1, -0.05) is 41.9 Å². The predicted octanol–water partition coefficient (Wildman–Crippen LogP) is 2.36. The van der Waals surface area contributed by atoms with Gasteiger partial charge in [-0.15, -0.1) is 0 Å². The molecule has 0 aliphatic heterocycles. The van der Waals surface area contributed by atoms with Gasteiger partial charge >= 0.3 is 35.7 Å². The topological polar surface area (TPSA) is 119 Å². The number of aryl methyl sites for hydroxylation is 1. The zero-order valence-corrected chi connectivity index (χ0v) is 22.7. The van der Waals surface area contributed by atoms with Crippen molar-refractivity contribution >= 4 is 34.9 Å². The summed E-state index contributed by atoms with van der Waals surface area (Å²) in [4.78, 5) is 28.3. The van der Waals surface area contributed by atoms with Crippen LogP contribution >= 0.6 is 11.6 Å². The molecule has 0 saturated carbocycles. The van der Waals surface area contributed by atoms with Crippen molar-refractivity contribution in [2.75, 3.05) is 5.32 Å². The minimum atomic E-state index is -4.84. The molecule has 7 nitrogen and oxygen atoms in total. The number of rotatable bonds is 6. The van der Waals surface area contributed by atoms with Gasteiger partial charge in [-0.2, -0.15) is 13.2 Å². The Balaban J connectivity index is 0.00000400. The van der Waals surface area contributed by atoms with Crippen LogP contribution in [0.1, 0.15) is 43.2 Å². The normalized spacial score (nSPS) is 11.0. The third kappa shape index (κ3) is 6.16. The monoisotopic (exact) mass is 549 g/mol. The fraction of sp³-hybridized carbons (Fsp3) is 0.0769. The van der Waals surface area contributed by atoms with Crippen molar-refractivity contribution in [1.82, 2.24) is 4.98 Å². The first-order chi connectivity index (χ1) is 17.5. The molecular formula is C26H16ClF3N3NaO4. The van der Waals surface area contributed by atoms with Gasteiger partial charge in [-0.25, -0.2) is 4.98 Å². The molecule has 38 heavy (non-hydrogen) atoms. The van der Waals surface area contributed by atoms with Crippen molar-refractivity contribution in [3.8, 4) is 11.5 Å². The van der Waals surface area contributed by atoms with E-state index in [1.54, 1.807) is 13.0 Å². The standard InChI is InChI=1S/C26H17ClF3N3O4.Na/c1-13-12-32-24(37-13)16-9-10-17(22(31)14-5-7-15(8-6-14)25(35)36)20(11-16)33-23(34)21-18(26(28,29)30)3-2-4-19(21)27;/h2-12,31H,1H3,(H,33,34)(H,35,36);/q;+1/p-1. The van der Waals surface area contributed by atoms with Crippen molar-refractivity contribution < 1.29 is 61.8 Å². The number of nitrogens with zero attached hydrogens (tertiary/aromatic N) is 1. The Morgan fingerprint density at radius 2 is 1.71 bits per heavy atom. The van der Waals surface area contributed by atoms with Gasteiger partial charge in [0.15, 0.2) is 0 Å². The Bertz CT molecular complexity index is 1540. The smallest absolute Gasteiger partial charge is 0.545 e. The van der Waals surface area contributed by atoms with Gasteiger partial charge in [0, 0.05) is 16.7 Å². The second-order valence-electron chi connectivity index (χ2n) is 7.89. The molecule has 0 fully saturated rings. The number of halogens is 4.